The second-order valence-electron chi connectivity index (χ2n) is 3.62. The van der Waals surface area contributed by atoms with Gasteiger partial charge in [0, 0.05) is 6.42 Å². The highest BCUT2D eigenvalue weighted by molar-refractivity contribution is 5.71. The number of hydrogen-bond donors (Lipinski definition) is 1. The molecular formula is C10H18O4. The number of carboxylic acid groups (broad SMARTS) is 1. The van der Waals surface area contributed by atoms with Crippen LogP contribution in [-0.2, 0) is 14.3 Å². The van der Waals surface area contributed by atoms with Crippen molar-refractivity contribution in [3.63, 3.8) is 0 Å². The van der Waals surface area contributed by atoms with Gasteiger partial charge in [-0.2, -0.15) is 0 Å². The van der Waals surface area contributed by atoms with Crippen molar-refractivity contribution in [3.8, 4) is 0 Å². The van der Waals surface area contributed by atoms with Gasteiger partial charge in [0.2, 0.25) is 0 Å². The van der Waals surface area contributed by atoms with Crippen LogP contribution in [0.15, 0.2) is 0 Å². The Balaban J connectivity index is 3.76. The number of carbonyl (C=O) groups excluding carboxylic acids is 1. The molecule has 4 heteroatoms. The summed E-state index contributed by atoms with van der Waals surface area (Å²) in [5.41, 5.74) is 0. The van der Waals surface area contributed by atoms with Gasteiger partial charge >= 0.3 is 11.9 Å². The molecule has 0 aromatic rings. The fourth-order valence-electron chi connectivity index (χ4n) is 0.989. The van der Waals surface area contributed by atoms with Crippen LogP contribution in [0.25, 0.3) is 0 Å². The molecule has 0 radical (unpaired) electrons. The minimum absolute atomic E-state index is 0.133. The molecule has 0 rings (SSSR count). The highest BCUT2D eigenvalue weighted by Gasteiger charge is 2.14. The molecule has 0 aliphatic rings. The van der Waals surface area contributed by atoms with Crippen molar-refractivity contribution in [2.75, 3.05) is 0 Å². The third-order valence-corrected chi connectivity index (χ3v) is 2.01. The molecule has 1 N–H and O–H groups in total. The van der Waals surface area contributed by atoms with Gasteiger partial charge in [-0.15, -0.1) is 0 Å². The molecule has 0 unspecified atom stereocenters. The van der Waals surface area contributed by atoms with E-state index in [-0.39, 0.29) is 12.4 Å². The molecule has 14 heavy (non-hydrogen) atoms. The van der Waals surface area contributed by atoms with E-state index in [0.29, 0.717) is 12.3 Å². The van der Waals surface area contributed by atoms with Crippen LogP contribution < -0.4 is 0 Å². The summed E-state index contributed by atoms with van der Waals surface area (Å²) < 4.78 is 4.91. The first-order chi connectivity index (χ1) is 6.45. The molecule has 0 aliphatic carbocycles. The van der Waals surface area contributed by atoms with Crippen LogP contribution in [0.2, 0.25) is 0 Å². The molecule has 0 aromatic carbocycles. The molecule has 0 saturated carbocycles. The molecule has 0 bridgehead atoms. The molecule has 2 atom stereocenters. The molecule has 0 aromatic heterocycles. The Morgan fingerprint density at radius 2 is 1.86 bits per heavy atom. The van der Waals surface area contributed by atoms with Gasteiger partial charge in [-0.3, -0.25) is 9.59 Å². The topological polar surface area (TPSA) is 63.6 Å². The van der Waals surface area contributed by atoms with Crippen LogP contribution in [0, 0.1) is 5.92 Å². The lowest BCUT2D eigenvalue weighted by atomic mass is 10.1. The Kier molecular flexibility index (Phi) is 5.92. The van der Waals surface area contributed by atoms with Crippen LogP contribution in [0.4, 0.5) is 0 Å². The van der Waals surface area contributed by atoms with Crippen molar-refractivity contribution in [3.05, 3.63) is 0 Å². The van der Waals surface area contributed by atoms with Crippen LogP contribution >= 0.6 is 0 Å². The van der Waals surface area contributed by atoms with E-state index in [1.54, 1.807) is 6.92 Å². The monoisotopic (exact) mass is 202 g/mol. The van der Waals surface area contributed by atoms with E-state index in [2.05, 4.69) is 0 Å². The van der Waals surface area contributed by atoms with Crippen LogP contribution in [-0.4, -0.2) is 23.1 Å². The number of ether oxygens (including phenoxy) is 1. The standard InChI is InChI=1S/C10H18O4/c1-4-7(2)5-10(13)14-8(3)6-9(11)12/h7-8H,4-6H2,1-3H3,(H,11,12)/t7-,8+/m0/s1. The van der Waals surface area contributed by atoms with E-state index in [1.807, 2.05) is 13.8 Å². The maximum Gasteiger partial charge on any atom is 0.307 e. The van der Waals surface area contributed by atoms with Crippen molar-refractivity contribution in [1.82, 2.24) is 0 Å². The summed E-state index contributed by atoms with van der Waals surface area (Å²) in [7, 11) is 0. The number of rotatable bonds is 6. The summed E-state index contributed by atoms with van der Waals surface area (Å²) in [6.07, 6.45) is 0.610. The van der Waals surface area contributed by atoms with Crippen molar-refractivity contribution < 1.29 is 19.4 Å². The van der Waals surface area contributed by atoms with Crippen LogP contribution in [0.1, 0.15) is 40.0 Å². The summed E-state index contributed by atoms with van der Waals surface area (Å²) in [5.74, 6) is -0.971. The zero-order chi connectivity index (χ0) is 11.1. The number of hydrogen-bond acceptors (Lipinski definition) is 3. The van der Waals surface area contributed by atoms with Crippen molar-refractivity contribution in [2.45, 2.75) is 46.1 Å². The maximum atomic E-state index is 11.2. The summed E-state index contributed by atoms with van der Waals surface area (Å²) in [6.45, 7) is 5.55. The molecular weight excluding hydrogens is 184 g/mol. The SMILES string of the molecule is CC[C@H](C)CC(=O)O[C@H](C)CC(=O)O. The van der Waals surface area contributed by atoms with Crippen LogP contribution in [0.3, 0.4) is 0 Å². The zero-order valence-electron chi connectivity index (χ0n) is 8.95. The van der Waals surface area contributed by atoms with E-state index in [4.69, 9.17) is 9.84 Å². The average Bonchev–Trinajstić information content (AvgIpc) is 2.01. The Morgan fingerprint density at radius 3 is 2.29 bits per heavy atom. The molecule has 4 nitrogen and oxygen atoms in total. The van der Waals surface area contributed by atoms with Gasteiger partial charge in [-0.25, -0.2) is 0 Å². The Labute approximate surface area is 84.3 Å². The minimum Gasteiger partial charge on any atom is -0.481 e. The normalized spacial score (nSPS) is 14.5. The van der Waals surface area contributed by atoms with E-state index in [0.717, 1.165) is 6.42 Å². The molecule has 82 valence electrons. The lowest BCUT2D eigenvalue weighted by molar-refractivity contribution is -0.152. The fourth-order valence-corrected chi connectivity index (χ4v) is 0.989. The van der Waals surface area contributed by atoms with Crippen LogP contribution in [0.5, 0.6) is 0 Å². The lowest BCUT2D eigenvalue weighted by Gasteiger charge is -2.12. The van der Waals surface area contributed by atoms with E-state index < -0.39 is 12.1 Å². The molecule has 0 amide bonds. The van der Waals surface area contributed by atoms with Gasteiger partial charge in [-0.05, 0) is 12.8 Å². The Hall–Kier alpha value is -1.06. The number of esters is 1. The van der Waals surface area contributed by atoms with Gasteiger partial charge in [0.05, 0.1) is 6.42 Å². The largest absolute Gasteiger partial charge is 0.481 e. The van der Waals surface area contributed by atoms with E-state index in [1.165, 1.54) is 0 Å². The third kappa shape index (κ3) is 6.46. The predicted octanol–water partition coefficient (Wildman–Crippen LogP) is 1.83. The van der Waals surface area contributed by atoms with Gasteiger partial charge < -0.3 is 9.84 Å². The average molecular weight is 202 g/mol. The highest BCUT2D eigenvalue weighted by atomic mass is 16.5. The van der Waals surface area contributed by atoms with Gasteiger partial charge in [-0.1, -0.05) is 20.3 Å². The number of carboxylic acids is 1. The quantitative estimate of drug-likeness (QED) is 0.667. The van der Waals surface area contributed by atoms with Crippen molar-refractivity contribution in [2.24, 2.45) is 5.92 Å². The lowest BCUT2D eigenvalue weighted by Crippen LogP contribution is -2.19. The Bertz CT molecular complexity index is 200. The predicted molar refractivity (Wildman–Crippen MR) is 51.9 cm³/mol. The zero-order valence-corrected chi connectivity index (χ0v) is 8.95. The first-order valence-electron chi connectivity index (χ1n) is 4.87. The summed E-state index contributed by atoms with van der Waals surface area (Å²) in [5, 5.41) is 8.43. The number of aliphatic carboxylic acids is 1. The first kappa shape index (κ1) is 12.9. The molecule has 0 heterocycles. The first-order valence-corrected chi connectivity index (χ1v) is 4.87. The second-order valence-corrected chi connectivity index (χ2v) is 3.62. The Morgan fingerprint density at radius 1 is 1.29 bits per heavy atom. The van der Waals surface area contributed by atoms with E-state index in [9.17, 15) is 9.59 Å². The summed E-state index contributed by atoms with van der Waals surface area (Å²) >= 11 is 0. The minimum atomic E-state index is -0.950. The smallest absolute Gasteiger partial charge is 0.307 e. The summed E-state index contributed by atoms with van der Waals surface area (Å²) in [6, 6.07) is 0. The summed E-state index contributed by atoms with van der Waals surface area (Å²) in [4.78, 5) is 21.5. The maximum absolute atomic E-state index is 11.2. The third-order valence-electron chi connectivity index (χ3n) is 2.01. The molecule has 0 fully saturated rings. The van der Waals surface area contributed by atoms with Gasteiger partial charge in [0.15, 0.2) is 0 Å². The van der Waals surface area contributed by atoms with Gasteiger partial charge in [0.1, 0.15) is 6.10 Å². The van der Waals surface area contributed by atoms with Gasteiger partial charge in [0.25, 0.3) is 0 Å². The van der Waals surface area contributed by atoms with E-state index >= 15 is 0 Å². The fraction of sp³-hybridized carbons (Fsp3) is 0.800. The second kappa shape index (κ2) is 6.40. The number of carbonyl (C=O) groups is 2. The van der Waals surface area contributed by atoms with Crippen molar-refractivity contribution in [1.29, 1.82) is 0 Å². The highest BCUT2D eigenvalue weighted by Crippen LogP contribution is 2.09. The molecule has 0 spiro atoms. The molecule has 0 saturated heterocycles. The van der Waals surface area contributed by atoms with Crippen molar-refractivity contribution >= 4 is 11.9 Å². The molecule has 0 aliphatic heterocycles.